The number of carbonyl (C=O) groups excluding carboxylic acids is 3. The lowest BCUT2D eigenvalue weighted by atomic mass is 9.47. The third-order valence-electron chi connectivity index (χ3n) is 9.06. The Morgan fingerprint density at radius 2 is 1.57 bits per heavy atom. The van der Waals surface area contributed by atoms with Crippen LogP contribution < -0.4 is 10.3 Å². The molecular formula is C34H26N4O6. The first-order valence-corrected chi connectivity index (χ1v) is 14.1. The van der Waals surface area contributed by atoms with Gasteiger partial charge in [-0.05, 0) is 46.4 Å². The number of hydrogen-bond acceptors (Lipinski definition) is 7. The molecule has 4 aliphatic rings. The second-order valence-corrected chi connectivity index (χ2v) is 11.3. The molecule has 1 aliphatic heterocycles. The summed E-state index contributed by atoms with van der Waals surface area (Å²) in [6.07, 6.45) is -0.00140. The number of anilines is 1. The molecule has 3 amide bonds. The summed E-state index contributed by atoms with van der Waals surface area (Å²) in [5.74, 6) is -4.21. The monoisotopic (exact) mass is 586 g/mol. The molecule has 2 N–H and O–H groups in total. The summed E-state index contributed by atoms with van der Waals surface area (Å²) >= 11 is 0. The SMILES string of the molecule is Cc1ccc(N2C(=O)[C@@H]3C4c5ccccc5C(/C=N\NC(=O)[C@@H](O)c5ccccc5)(c5ccccc54)[C@H]3C2=O)c([N+](=O)[O-])c1. The normalized spacial score (nSPS) is 23.7. The van der Waals surface area contributed by atoms with Crippen molar-refractivity contribution in [3.05, 3.63) is 141 Å². The van der Waals surface area contributed by atoms with Gasteiger partial charge in [0.05, 0.1) is 22.2 Å². The van der Waals surface area contributed by atoms with Crippen molar-refractivity contribution < 1.29 is 24.4 Å². The van der Waals surface area contributed by atoms with E-state index in [1.807, 2.05) is 48.5 Å². The van der Waals surface area contributed by atoms with Gasteiger partial charge in [-0.3, -0.25) is 24.5 Å². The van der Waals surface area contributed by atoms with Gasteiger partial charge < -0.3 is 5.11 Å². The molecule has 0 aromatic heterocycles. The van der Waals surface area contributed by atoms with Crippen molar-refractivity contribution in [2.24, 2.45) is 16.9 Å². The molecular weight excluding hydrogens is 560 g/mol. The second kappa shape index (κ2) is 10.1. The number of rotatable bonds is 6. The van der Waals surface area contributed by atoms with Crippen molar-refractivity contribution in [1.29, 1.82) is 0 Å². The van der Waals surface area contributed by atoms with Crippen molar-refractivity contribution in [2.45, 2.75) is 24.4 Å². The van der Waals surface area contributed by atoms with Crippen molar-refractivity contribution >= 4 is 35.3 Å². The highest BCUT2D eigenvalue weighted by molar-refractivity contribution is 6.25. The van der Waals surface area contributed by atoms with Crippen LogP contribution in [0, 0.1) is 28.9 Å². The molecule has 2 bridgehead atoms. The first-order valence-electron chi connectivity index (χ1n) is 14.1. The Labute approximate surface area is 251 Å². The molecule has 3 atom stereocenters. The minimum atomic E-state index is -1.48. The molecule has 44 heavy (non-hydrogen) atoms. The molecule has 218 valence electrons. The zero-order chi connectivity index (χ0) is 30.7. The van der Waals surface area contributed by atoms with E-state index in [0.29, 0.717) is 11.1 Å². The van der Waals surface area contributed by atoms with E-state index in [-0.39, 0.29) is 11.4 Å². The van der Waals surface area contributed by atoms with Crippen molar-refractivity contribution in [3.8, 4) is 0 Å². The highest BCUT2D eigenvalue weighted by atomic mass is 16.6. The summed E-state index contributed by atoms with van der Waals surface area (Å²) < 4.78 is 0. The van der Waals surface area contributed by atoms with Crippen molar-refractivity contribution in [2.75, 3.05) is 4.90 Å². The third kappa shape index (κ3) is 3.77. The first-order chi connectivity index (χ1) is 21.3. The van der Waals surface area contributed by atoms with E-state index in [1.165, 1.54) is 18.3 Å². The topological polar surface area (TPSA) is 142 Å². The Bertz CT molecular complexity index is 1860. The van der Waals surface area contributed by atoms with Crippen LogP contribution in [0.3, 0.4) is 0 Å². The number of hydrogen-bond donors (Lipinski definition) is 2. The maximum atomic E-state index is 14.5. The third-order valence-corrected chi connectivity index (χ3v) is 9.06. The zero-order valence-corrected chi connectivity index (χ0v) is 23.5. The van der Waals surface area contributed by atoms with Gasteiger partial charge in [0.2, 0.25) is 11.8 Å². The predicted octanol–water partition coefficient (Wildman–Crippen LogP) is 4.29. The number of nitrogens with one attached hydrogen (secondary N) is 1. The largest absolute Gasteiger partial charge is 0.378 e. The Kier molecular flexibility index (Phi) is 6.26. The predicted molar refractivity (Wildman–Crippen MR) is 161 cm³/mol. The highest BCUT2D eigenvalue weighted by Gasteiger charge is 2.68. The molecule has 1 heterocycles. The molecule has 0 radical (unpaired) electrons. The summed E-state index contributed by atoms with van der Waals surface area (Å²) in [7, 11) is 0. The van der Waals surface area contributed by atoms with Gasteiger partial charge in [-0.15, -0.1) is 0 Å². The molecule has 3 aliphatic carbocycles. The Hall–Kier alpha value is -5.48. The van der Waals surface area contributed by atoms with Crippen molar-refractivity contribution in [1.82, 2.24) is 5.43 Å². The number of nitro benzene ring substituents is 1. The molecule has 0 unspecified atom stereocenters. The molecule has 8 rings (SSSR count). The fourth-order valence-electron chi connectivity index (χ4n) is 7.30. The van der Waals surface area contributed by atoms with Gasteiger partial charge >= 0.3 is 0 Å². The average molecular weight is 587 g/mol. The van der Waals surface area contributed by atoms with E-state index < -0.39 is 51.9 Å². The van der Waals surface area contributed by atoms with Crippen LogP contribution in [-0.2, 0) is 19.8 Å². The number of aliphatic hydroxyl groups is 1. The Morgan fingerprint density at radius 3 is 2.20 bits per heavy atom. The molecule has 4 aromatic rings. The van der Waals surface area contributed by atoms with Gasteiger partial charge in [0.15, 0.2) is 6.10 Å². The van der Waals surface area contributed by atoms with E-state index in [0.717, 1.165) is 27.2 Å². The van der Waals surface area contributed by atoms with Crippen LogP contribution in [0.25, 0.3) is 0 Å². The molecule has 1 saturated heterocycles. The molecule has 10 heteroatoms. The zero-order valence-electron chi connectivity index (χ0n) is 23.5. The first kappa shape index (κ1) is 27.4. The van der Waals surface area contributed by atoms with Gasteiger partial charge in [0, 0.05) is 18.2 Å². The summed E-state index contributed by atoms with van der Waals surface area (Å²) in [5.41, 5.74) is 4.93. The van der Waals surface area contributed by atoms with Gasteiger partial charge in [-0.2, -0.15) is 5.10 Å². The lowest BCUT2D eigenvalue weighted by molar-refractivity contribution is -0.384. The number of nitro groups is 1. The maximum Gasteiger partial charge on any atom is 0.293 e. The lowest BCUT2D eigenvalue weighted by Crippen LogP contribution is -2.54. The van der Waals surface area contributed by atoms with Crippen LogP contribution >= 0.6 is 0 Å². The molecule has 0 saturated carbocycles. The number of aliphatic hydroxyl groups excluding tert-OH is 1. The smallest absolute Gasteiger partial charge is 0.293 e. The number of amides is 3. The number of benzene rings is 4. The van der Waals surface area contributed by atoms with Crippen LogP contribution in [-0.4, -0.2) is 34.0 Å². The van der Waals surface area contributed by atoms with E-state index in [9.17, 15) is 29.6 Å². The van der Waals surface area contributed by atoms with Gasteiger partial charge in [-0.25, -0.2) is 10.3 Å². The van der Waals surface area contributed by atoms with Crippen LogP contribution in [0.5, 0.6) is 0 Å². The number of carbonyl (C=O) groups is 3. The summed E-state index contributed by atoms with van der Waals surface area (Å²) in [4.78, 5) is 54.2. The molecule has 4 aromatic carbocycles. The maximum absolute atomic E-state index is 14.5. The fourth-order valence-corrected chi connectivity index (χ4v) is 7.30. The molecule has 0 spiro atoms. The minimum absolute atomic E-state index is 0.0797. The standard InChI is InChI=1S/C34H26N4O6/c1-19-15-16-25(26(17-19)38(43)44)37-32(41)28-27-21-11-5-7-13-23(21)34(29(28)33(37)42,24-14-8-6-12-22(24)27)18-35-36-31(40)30(39)20-9-3-2-4-10-20/h2-18,27-30,39H,1H3,(H,36,40)/b35-18-/t27?,28-,29-,30+,34?/m1/s1. The Balaban J connectivity index is 1.38. The molecule has 1 fully saturated rings. The number of nitrogens with zero attached hydrogens (tertiary/aromatic N) is 3. The summed E-state index contributed by atoms with van der Waals surface area (Å²) in [5, 5.41) is 27.0. The minimum Gasteiger partial charge on any atom is -0.378 e. The lowest BCUT2D eigenvalue weighted by Gasteiger charge is -2.52. The number of imide groups is 1. The van der Waals surface area contributed by atoms with E-state index in [2.05, 4.69) is 10.5 Å². The van der Waals surface area contributed by atoms with E-state index >= 15 is 0 Å². The van der Waals surface area contributed by atoms with Crippen molar-refractivity contribution in [3.63, 3.8) is 0 Å². The van der Waals surface area contributed by atoms with Gasteiger partial charge in [0.25, 0.3) is 11.6 Å². The van der Waals surface area contributed by atoms with Gasteiger partial charge in [0.1, 0.15) is 5.69 Å². The quantitative estimate of drug-likeness (QED) is 0.149. The fraction of sp³-hybridized carbons (Fsp3) is 0.176. The van der Waals surface area contributed by atoms with E-state index in [4.69, 9.17) is 0 Å². The van der Waals surface area contributed by atoms with Crippen LogP contribution in [0.1, 0.15) is 45.4 Å². The average Bonchev–Trinajstić information content (AvgIpc) is 3.31. The second-order valence-electron chi connectivity index (χ2n) is 11.3. The van der Waals surface area contributed by atoms with Crippen LogP contribution in [0.4, 0.5) is 11.4 Å². The van der Waals surface area contributed by atoms with Crippen LogP contribution in [0.15, 0.2) is 102 Å². The summed E-state index contributed by atoms with van der Waals surface area (Å²) in [6, 6.07) is 27.9. The van der Waals surface area contributed by atoms with Gasteiger partial charge in [-0.1, -0.05) is 84.9 Å². The van der Waals surface area contributed by atoms with Crippen LogP contribution in [0.2, 0.25) is 0 Å². The number of hydrazone groups is 1. The van der Waals surface area contributed by atoms with E-state index in [1.54, 1.807) is 43.3 Å². The molecule has 10 nitrogen and oxygen atoms in total. The highest BCUT2D eigenvalue weighted by Crippen LogP contribution is 2.64. The Morgan fingerprint density at radius 1 is 0.955 bits per heavy atom. The summed E-state index contributed by atoms with van der Waals surface area (Å²) in [6.45, 7) is 1.70. The number of aryl methyl sites for hydroxylation is 1.